The molecular formula is C19H22N2O2. The van der Waals surface area contributed by atoms with E-state index in [1.165, 1.54) is 5.56 Å². The molecule has 2 aromatic rings. The van der Waals surface area contributed by atoms with Crippen molar-refractivity contribution in [3.8, 4) is 5.75 Å². The van der Waals surface area contributed by atoms with Crippen molar-refractivity contribution < 1.29 is 9.90 Å². The monoisotopic (exact) mass is 310 g/mol. The Morgan fingerprint density at radius 2 is 1.78 bits per heavy atom. The zero-order chi connectivity index (χ0) is 16.2. The van der Waals surface area contributed by atoms with Crippen LogP contribution >= 0.6 is 0 Å². The van der Waals surface area contributed by atoms with Gasteiger partial charge >= 0.3 is 0 Å². The first kappa shape index (κ1) is 15.6. The Labute approximate surface area is 137 Å². The summed E-state index contributed by atoms with van der Waals surface area (Å²) in [5.74, 6) is 0.0992. The van der Waals surface area contributed by atoms with Gasteiger partial charge in [0.2, 0.25) is 0 Å². The fraction of sp³-hybridized carbons (Fsp3) is 0.316. The summed E-state index contributed by atoms with van der Waals surface area (Å²) in [5.41, 5.74) is 3.45. The van der Waals surface area contributed by atoms with Crippen LogP contribution in [0.2, 0.25) is 0 Å². The highest BCUT2D eigenvalue weighted by molar-refractivity contribution is 5.84. The first-order valence-electron chi connectivity index (χ1n) is 7.97. The Hall–Kier alpha value is -2.33. The van der Waals surface area contributed by atoms with Crippen LogP contribution < -0.4 is 4.90 Å². The molecule has 1 N–H and O–H groups in total. The maximum Gasteiger partial charge on any atom is 0.153 e. The summed E-state index contributed by atoms with van der Waals surface area (Å²) >= 11 is 0. The van der Waals surface area contributed by atoms with Crippen molar-refractivity contribution >= 4 is 12.0 Å². The van der Waals surface area contributed by atoms with Crippen LogP contribution in [0.5, 0.6) is 5.75 Å². The Kier molecular flexibility index (Phi) is 4.63. The number of rotatable bonds is 4. The molecule has 3 rings (SSSR count). The molecule has 0 unspecified atom stereocenters. The Balaban J connectivity index is 1.67. The summed E-state index contributed by atoms with van der Waals surface area (Å²) in [5, 5.41) is 10.3. The standard InChI is InChI=1S/C19H22N2O2/c1-15-11-17(14-22)19(23)18(12-15)21-9-7-20(8-10-21)13-16-5-3-2-4-6-16/h2-6,11-12,14,23H,7-10,13H2,1H3. The lowest BCUT2D eigenvalue weighted by molar-refractivity contribution is 0.112. The minimum absolute atomic E-state index is 0.0992. The van der Waals surface area contributed by atoms with Crippen LogP contribution in [0.1, 0.15) is 21.5 Å². The van der Waals surface area contributed by atoms with Gasteiger partial charge in [-0.25, -0.2) is 0 Å². The van der Waals surface area contributed by atoms with Gasteiger partial charge in [-0.1, -0.05) is 30.3 Å². The number of carbonyl (C=O) groups excluding carboxylic acids is 1. The fourth-order valence-corrected chi connectivity index (χ4v) is 3.11. The van der Waals surface area contributed by atoms with Crippen molar-refractivity contribution in [3.05, 3.63) is 59.2 Å². The highest BCUT2D eigenvalue weighted by Crippen LogP contribution is 2.32. The van der Waals surface area contributed by atoms with E-state index in [0.29, 0.717) is 5.56 Å². The molecule has 2 aromatic carbocycles. The average molecular weight is 310 g/mol. The topological polar surface area (TPSA) is 43.8 Å². The molecule has 0 atom stereocenters. The molecule has 0 spiro atoms. The second-order valence-electron chi connectivity index (χ2n) is 6.09. The van der Waals surface area contributed by atoms with Gasteiger partial charge in [-0.05, 0) is 30.2 Å². The molecule has 120 valence electrons. The molecule has 1 aliphatic rings. The minimum atomic E-state index is 0.0992. The van der Waals surface area contributed by atoms with E-state index in [1.54, 1.807) is 6.07 Å². The van der Waals surface area contributed by atoms with E-state index in [4.69, 9.17) is 0 Å². The maximum atomic E-state index is 11.1. The van der Waals surface area contributed by atoms with Gasteiger partial charge in [-0.3, -0.25) is 9.69 Å². The van der Waals surface area contributed by atoms with Crippen molar-refractivity contribution in [1.29, 1.82) is 0 Å². The van der Waals surface area contributed by atoms with Gasteiger partial charge in [0.05, 0.1) is 11.3 Å². The second kappa shape index (κ2) is 6.84. The Morgan fingerprint density at radius 1 is 1.09 bits per heavy atom. The van der Waals surface area contributed by atoms with Crippen LogP contribution in [0.25, 0.3) is 0 Å². The number of hydrogen-bond donors (Lipinski definition) is 1. The third kappa shape index (κ3) is 3.54. The molecule has 0 saturated carbocycles. The number of aryl methyl sites for hydroxylation is 1. The Bertz CT molecular complexity index is 677. The predicted molar refractivity (Wildman–Crippen MR) is 92.2 cm³/mol. The molecule has 0 amide bonds. The summed E-state index contributed by atoms with van der Waals surface area (Å²) in [4.78, 5) is 15.7. The number of hydrogen-bond acceptors (Lipinski definition) is 4. The summed E-state index contributed by atoms with van der Waals surface area (Å²) in [7, 11) is 0. The van der Waals surface area contributed by atoms with Crippen LogP contribution in [-0.2, 0) is 6.54 Å². The zero-order valence-corrected chi connectivity index (χ0v) is 13.4. The number of aromatic hydroxyl groups is 1. The van der Waals surface area contributed by atoms with Crippen LogP contribution in [0.15, 0.2) is 42.5 Å². The largest absolute Gasteiger partial charge is 0.505 e. The molecule has 4 heteroatoms. The fourth-order valence-electron chi connectivity index (χ4n) is 3.11. The molecule has 0 radical (unpaired) electrons. The number of aldehydes is 1. The van der Waals surface area contributed by atoms with Gasteiger partial charge in [0.1, 0.15) is 5.75 Å². The number of anilines is 1. The first-order chi connectivity index (χ1) is 11.2. The van der Waals surface area contributed by atoms with Gasteiger partial charge in [0, 0.05) is 32.7 Å². The van der Waals surface area contributed by atoms with Gasteiger partial charge < -0.3 is 10.0 Å². The van der Waals surface area contributed by atoms with Gasteiger partial charge in [-0.2, -0.15) is 0 Å². The molecule has 1 fully saturated rings. The van der Waals surface area contributed by atoms with Crippen LogP contribution in [-0.4, -0.2) is 42.5 Å². The summed E-state index contributed by atoms with van der Waals surface area (Å²) < 4.78 is 0. The first-order valence-corrected chi connectivity index (χ1v) is 7.97. The molecule has 4 nitrogen and oxygen atoms in total. The van der Waals surface area contributed by atoms with E-state index >= 15 is 0 Å². The van der Waals surface area contributed by atoms with E-state index in [-0.39, 0.29) is 5.75 Å². The van der Waals surface area contributed by atoms with E-state index in [2.05, 4.69) is 34.1 Å². The van der Waals surface area contributed by atoms with Gasteiger partial charge in [0.25, 0.3) is 0 Å². The molecule has 0 aromatic heterocycles. The van der Waals surface area contributed by atoms with Crippen molar-refractivity contribution in [2.24, 2.45) is 0 Å². The van der Waals surface area contributed by atoms with Gasteiger partial charge in [-0.15, -0.1) is 0 Å². The number of benzene rings is 2. The quantitative estimate of drug-likeness (QED) is 0.882. The summed E-state index contributed by atoms with van der Waals surface area (Å²) in [6, 6.07) is 14.1. The van der Waals surface area contributed by atoms with Crippen molar-refractivity contribution in [2.45, 2.75) is 13.5 Å². The number of phenolic OH excluding ortho intramolecular Hbond substituents is 1. The molecule has 1 heterocycles. The smallest absolute Gasteiger partial charge is 0.153 e. The summed E-state index contributed by atoms with van der Waals surface area (Å²) in [6.07, 6.45) is 0.720. The molecule has 1 aliphatic heterocycles. The van der Waals surface area contributed by atoms with Crippen LogP contribution in [0, 0.1) is 6.92 Å². The van der Waals surface area contributed by atoms with Crippen molar-refractivity contribution in [1.82, 2.24) is 4.90 Å². The third-order valence-corrected chi connectivity index (χ3v) is 4.35. The van der Waals surface area contributed by atoms with Crippen LogP contribution in [0.4, 0.5) is 5.69 Å². The van der Waals surface area contributed by atoms with Crippen molar-refractivity contribution in [3.63, 3.8) is 0 Å². The summed E-state index contributed by atoms with van der Waals surface area (Å²) in [6.45, 7) is 6.48. The lowest BCUT2D eigenvalue weighted by Gasteiger charge is -2.36. The van der Waals surface area contributed by atoms with E-state index in [9.17, 15) is 9.90 Å². The highest BCUT2D eigenvalue weighted by atomic mass is 16.3. The minimum Gasteiger partial charge on any atom is -0.505 e. The normalized spacial score (nSPS) is 15.6. The predicted octanol–water partition coefficient (Wildman–Crippen LogP) is 2.84. The lowest BCUT2D eigenvalue weighted by Crippen LogP contribution is -2.46. The number of phenols is 1. The Morgan fingerprint density at radius 3 is 2.43 bits per heavy atom. The number of piperazine rings is 1. The molecular weight excluding hydrogens is 288 g/mol. The van der Waals surface area contributed by atoms with E-state index < -0.39 is 0 Å². The third-order valence-electron chi connectivity index (χ3n) is 4.35. The SMILES string of the molecule is Cc1cc(C=O)c(O)c(N2CCN(Cc3ccccc3)CC2)c1. The lowest BCUT2D eigenvalue weighted by atomic mass is 10.1. The van der Waals surface area contributed by atoms with E-state index in [0.717, 1.165) is 50.3 Å². The number of carbonyl (C=O) groups is 1. The maximum absolute atomic E-state index is 11.1. The van der Waals surface area contributed by atoms with Gasteiger partial charge in [0.15, 0.2) is 6.29 Å². The van der Waals surface area contributed by atoms with Crippen molar-refractivity contribution in [2.75, 3.05) is 31.1 Å². The molecule has 1 saturated heterocycles. The zero-order valence-electron chi connectivity index (χ0n) is 13.4. The van der Waals surface area contributed by atoms with Crippen LogP contribution in [0.3, 0.4) is 0 Å². The van der Waals surface area contributed by atoms with E-state index in [1.807, 2.05) is 19.1 Å². The second-order valence-corrected chi connectivity index (χ2v) is 6.09. The number of nitrogens with zero attached hydrogens (tertiary/aromatic N) is 2. The molecule has 0 aliphatic carbocycles. The molecule has 23 heavy (non-hydrogen) atoms. The highest BCUT2D eigenvalue weighted by Gasteiger charge is 2.21. The average Bonchev–Trinajstić information content (AvgIpc) is 2.58. The molecule has 0 bridgehead atoms.